The highest BCUT2D eigenvalue weighted by atomic mass is 16.6. The third kappa shape index (κ3) is 3.52. The molecule has 0 bridgehead atoms. The van der Waals surface area contributed by atoms with Gasteiger partial charge in [0.05, 0.1) is 20.8 Å². The van der Waals surface area contributed by atoms with Gasteiger partial charge in [-0.25, -0.2) is 4.79 Å². The molecular weight excluding hydrogens is 296 g/mol. The van der Waals surface area contributed by atoms with E-state index in [-0.39, 0.29) is 11.7 Å². The summed E-state index contributed by atoms with van der Waals surface area (Å²) in [4.78, 5) is 13.8. The van der Waals surface area contributed by atoms with Gasteiger partial charge in [0.1, 0.15) is 5.60 Å². The van der Waals surface area contributed by atoms with Crippen LogP contribution in [-0.4, -0.2) is 50.4 Å². The number of carbonyl (C=O) groups is 1. The van der Waals surface area contributed by atoms with E-state index < -0.39 is 0 Å². The van der Waals surface area contributed by atoms with E-state index in [1.165, 1.54) is 5.56 Å². The predicted octanol–water partition coefficient (Wildman–Crippen LogP) is 2.17. The van der Waals surface area contributed by atoms with Crippen molar-refractivity contribution in [2.45, 2.75) is 31.4 Å². The van der Waals surface area contributed by atoms with Crippen LogP contribution in [0.3, 0.4) is 0 Å². The molecule has 1 N–H and O–H groups in total. The highest BCUT2D eigenvalue weighted by Crippen LogP contribution is 2.31. The third-order valence-electron chi connectivity index (χ3n) is 4.71. The van der Waals surface area contributed by atoms with E-state index >= 15 is 0 Å². The second-order valence-electron chi connectivity index (χ2n) is 6.25. The summed E-state index contributed by atoms with van der Waals surface area (Å²) in [7, 11) is 3.29. The van der Waals surface area contributed by atoms with Crippen molar-refractivity contribution in [2.75, 3.05) is 33.9 Å². The molecule has 3 rings (SSSR count). The standard InChI is InChI=1S/C17H24N2O4/c1-21-14-5-4-13(10-15(14)22-2)11-19-8-3-6-17(7-9-19)12-18-16(20)23-17/h4-5,10H,3,6-9,11-12H2,1-2H3,(H,18,20)/t17-/m0/s1. The first-order valence-electron chi connectivity index (χ1n) is 8.04. The normalized spacial score (nSPS) is 24.9. The summed E-state index contributed by atoms with van der Waals surface area (Å²) in [6.07, 6.45) is 2.55. The lowest BCUT2D eigenvalue weighted by Gasteiger charge is -2.25. The lowest BCUT2D eigenvalue weighted by atomic mass is 9.95. The van der Waals surface area contributed by atoms with Gasteiger partial charge in [0, 0.05) is 19.5 Å². The summed E-state index contributed by atoms with van der Waals surface area (Å²) in [5.41, 5.74) is 0.892. The van der Waals surface area contributed by atoms with Gasteiger partial charge in [-0.1, -0.05) is 6.07 Å². The molecule has 0 saturated carbocycles. The van der Waals surface area contributed by atoms with E-state index in [9.17, 15) is 4.79 Å². The first-order chi connectivity index (χ1) is 11.1. The molecule has 0 unspecified atom stereocenters. The molecule has 1 aromatic carbocycles. The molecule has 0 aromatic heterocycles. The molecule has 2 heterocycles. The van der Waals surface area contributed by atoms with Crippen molar-refractivity contribution in [3.8, 4) is 11.5 Å². The molecule has 23 heavy (non-hydrogen) atoms. The largest absolute Gasteiger partial charge is 0.493 e. The zero-order valence-electron chi connectivity index (χ0n) is 13.8. The average molecular weight is 320 g/mol. The first kappa shape index (κ1) is 15.9. The first-order valence-corrected chi connectivity index (χ1v) is 8.04. The van der Waals surface area contributed by atoms with Crippen molar-refractivity contribution in [3.05, 3.63) is 23.8 Å². The summed E-state index contributed by atoms with van der Waals surface area (Å²) in [6, 6.07) is 6.03. The van der Waals surface area contributed by atoms with Crippen molar-refractivity contribution >= 4 is 6.09 Å². The SMILES string of the molecule is COc1ccc(CN2CCC[C@]3(CC2)CNC(=O)O3)cc1OC. The quantitative estimate of drug-likeness (QED) is 0.921. The maximum atomic E-state index is 11.4. The van der Waals surface area contributed by atoms with Crippen molar-refractivity contribution < 1.29 is 19.0 Å². The topological polar surface area (TPSA) is 60.0 Å². The Morgan fingerprint density at radius 2 is 2.04 bits per heavy atom. The van der Waals surface area contributed by atoms with Crippen molar-refractivity contribution in [1.82, 2.24) is 10.2 Å². The highest BCUT2D eigenvalue weighted by Gasteiger charge is 2.41. The molecule has 0 radical (unpaired) electrons. The molecule has 2 aliphatic rings. The predicted molar refractivity (Wildman–Crippen MR) is 85.9 cm³/mol. The van der Waals surface area contributed by atoms with E-state index in [0.29, 0.717) is 6.54 Å². The number of hydrogen-bond donors (Lipinski definition) is 1. The fraction of sp³-hybridized carbons (Fsp3) is 0.588. The number of benzene rings is 1. The lowest BCUT2D eigenvalue weighted by Crippen LogP contribution is -2.34. The van der Waals surface area contributed by atoms with Crippen LogP contribution in [0.15, 0.2) is 18.2 Å². The van der Waals surface area contributed by atoms with Gasteiger partial charge in [0.2, 0.25) is 0 Å². The van der Waals surface area contributed by atoms with Gasteiger partial charge in [0.15, 0.2) is 11.5 Å². The second-order valence-corrected chi connectivity index (χ2v) is 6.25. The van der Waals surface area contributed by atoms with Gasteiger partial charge in [-0.05, 0) is 37.1 Å². The van der Waals surface area contributed by atoms with Crippen molar-refractivity contribution in [1.29, 1.82) is 0 Å². The van der Waals surface area contributed by atoms with Crippen LogP contribution in [0.2, 0.25) is 0 Å². The number of carbonyl (C=O) groups excluding carboxylic acids is 1. The van der Waals surface area contributed by atoms with Crippen LogP contribution in [-0.2, 0) is 11.3 Å². The Labute approximate surface area is 136 Å². The number of methoxy groups -OCH3 is 2. The van der Waals surface area contributed by atoms with Gasteiger partial charge in [-0.3, -0.25) is 4.90 Å². The number of rotatable bonds is 4. The number of hydrogen-bond acceptors (Lipinski definition) is 5. The second kappa shape index (κ2) is 6.66. The maximum absolute atomic E-state index is 11.4. The summed E-state index contributed by atoms with van der Waals surface area (Å²) in [6.45, 7) is 3.42. The van der Waals surface area contributed by atoms with Gasteiger partial charge < -0.3 is 19.5 Å². The minimum Gasteiger partial charge on any atom is -0.493 e. The molecule has 0 aliphatic carbocycles. The van der Waals surface area contributed by atoms with Crippen LogP contribution < -0.4 is 14.8 Å². The van der Waals surface area contributed by atoms with Crippen molar-refractivity contribution in [3.63, 3.8) is 0 Å². The zero-order chi connectivity index (χ0) is 16.3. The molecule has 6 heteroatoms. The molecule has 2 aliphatic heterocycles. The minimum absolute atomic E-state index is 0.279. The maximum Gasteiger partial charge on any atom is 0.407 e. The lowest BCUT2D eigenvalue weighted by molar-refractivity contribution is 0.0443. The molecule has 2 saturated heterocycles. The van der Waals surface area contributed by atoms with Crippen LogP contribution in [0.1, 0.15) is 24.8 Å². The average Bonchev–Trinajstić information content (AvgIpc) is 2.81. The van der Waals surface area contributed by atoms with Gasteiger partial charge in [-0.2, -0.15) is 0 Å². The summed E-state index contributed by atoms with van der Waals surface area (Å²) >= 11 is 0. The summed E-state index contributed by atoms with van der Waals surface area (Å²) in [5, 5.41) is 2.79. The Morgan fingerprint density at radius 1 is 1.22 bits per heavy atom. The van der Waals surface area contributed by atoms with Gasteiger partial charge in [0.25, 0.3) is 0 Å². The van der Waals surface area contributed by atoms with Crippen molar-refractivity contribution in [2.24, 2.45) is 0 Å². The molecule has 1 spiro atoms. The fourth-order valence-corrected chi connectivity index (χ4v) is 3.40. The van der Waals surface area contributed by atoms with Crippen LogP contribution in [0.25, 0.3) is 0 Å². The Hall–Kier alpha value is -1.95. The fourth-order valence-electron chi connectivity index (χ4n) is 3.40. The number of alkyl carbamates (subject to hydrolysis) is 1. The monoisotopic (exact) mass is 320 g/mol. The molecular formula is C17H24N2O4. The van der Waals surface area contributed by atoms with E-state index in [1.807, 2.05) is 12.1 Å². The molecule has 1 amide bonds. The zero-order valence-corrected chi connectivity index (χ0v) is 13.8. The number of nitrogens with one attached hydrogen (secondary N) is 1. The molecule has 126 valence electrons. The number of likely N-dealkylation sites (tertiary alicyclic amines) is 1. The highest BCUT2D eigenvalue weighted by molar-refractivity contribution is 5.70. The number of ether oxygens (including phenoxy) is 3. The van der Waals surface area contributed by atoms with Crippen LogP contribution in [0.4, 0.5) is 4.79 Å². The van der Waals surface area contributed by atoms with E-state index in [0.717, 1.165) is 50.4 Å². The smallest absolute Gasteiger partial charge is 0.407 e. The summed E-state index contributed by atoms with van der Waals surface area (Å²) < 4.78 is 16.2. The van der Waals surface area contributed by atoms with Crippen LogP contribution in [0, 0.1) is 0 Å². The Balaban J connectivity index is 1.63. The molecule has 1 aromatic rings. The van der Waals surface area contributed by atoms with Gasteiger partial charge in [-0.15, -0.1) is 0 Å². The Morgan fingerprint density at radius 3 is 2.74 bits per heavy atom. The number of nitrogens with zero attached hydrogens (tertiary/aromatic N) is 1. The molecule has 2 fully saturated rings. The summed E-state index contributed by atoms with van der Waals surface area (Å²) in [5.74, 6) is 1.50. The van der Waals surface area contributed by atoms with Gasteiger partial charge >= 0.3 is 6.09 Å². The van der Waals surface area contributed by atoms with E-state index in [2.05, 4.69) is 16.3 Å². The van der Waals surface area contributed by atoms with E-state index in [4.69, 9.17) is 14.2 Å². The number of amides is 1. The third-order valence-corrected chi connectivity index (χ3v) is 4.71. The van der Waals surface area contributed by atoms with Crippen LogP contribution >= 0.6 is 0 Å². The molecule has 6 nitrogen and oxygen atoms in total. The Kier molecular flexibility index (Phi) is 4.61. The Bertz CT molecular complexity index is 578. The van der Waals surface area contributed by atoms with Crippen LogP contribution in [0.5, 0.6) is 11.5 Å². The molecule has 1 atom stereocenters. The minimum atomic E-state index is -0.302. The van der Waals surface area contributed by atoms with E-state index in [1.54, 1.807) is 14.2 Å².